The first kappa shape index (κ1) is 28.3. The maximum absolute atomic E-state index is 13.9. The van der Waals surface area contributed by atoms with Crippen molar-refractivity contribution in [3.8, 4) is 0 Å². The van der Waals surface area contributed by atoms with E-state index in [1.54, 1.807) is 18.7 Å². The first-order chi connectivity index (χ1) is 17.6. The number of esters is 1. The van der Waals surface area contributed by atoms with E-state index < -0.39 is 29.8 Å². The smallest absolute Gasteiger partial charge is 0.416 e. The number of carbonyl (C=O) groups is 3. The quantitative estimate of drug-likeness (QED) is 0.533. The molecule has 0 bridgehead atoms. The van der Waals surface area contributed by atoms with Gasteiger partial charge in [0, 0.05) is 51.5 Å². The van der Waals surface area contributed by atoms with Gasteiger partial charge in [0.15, 0.2) is 0 Å². The summed E-state index contributed by atoms with van der Waals surface area (Å²) in [7, 11) is 0. The summed E-state index contributed by atoms with van der Waals surface area (Å²) in [6.45, 7) is 8.10. The average Bonchev–Trinajstić information content (AvgIpc) is 3.09. The van der Waals surface area contributed by atoms with Crippen LogP contribution in [-0.2, 0) is 15.7 Å². The van der Waals surface area contributed by atoms with Gasteiger partial charge >= 0.3 is 24.2 Å². The van der Waals surface area contributed by atoms with Crippen molar-refractivity contribution in [2.75, 3.05) is 52.4 Å². The minimum atomic E-state index is -4.68. The molecule has 0 aliphatic carbocycles. The molecule has 1 fully saturated rings. The van der Waals surface area contributed by atoms with Gasteiger partial charge in [0.05, 0.1) is 23.8 Å². The van der Waals surface area contributed by atoms with Gasteiger partial charge < -0.3 is 20.3 Å². The summed E-state index contributed by atoms with van der Waals surface area (Å²) in [6.07, 6.45) is -4.02. The van der Waals surface area contributed by atoms with Gasteiger partial charge in [-0.3, -0.25) is 9.80 Å². The molecule has 12 heteroatoms. The Kier molecular flexibility index (Phi) is 9.41. The predicted molar refractivity (Wildman–Crippen MR) is 130 cm³/mol. The molecule has 2 aliphatic heterocycles. The van der Waals surface area contributed by atoms with Crippen LogP contribution in [-0.4, -0.2) is 85.2 Å². The monoisotopic (exact) mass is 525 g/mol. The molecule has 2 N–H and O–H groups in total. The molecule has 37 heavy (non-hydrogen) atoms. The van der Waals surface area contributed by atoms with E-state index in [1.165, 1.54) is 23.1 Å². The predicted octanol–water partition coefficient (Wildman–Crippen LogP) is 3.35. The number of rotatable bonds is 7. The van der Waals surface area contributed by atoms with Crippen LogP contribution in [0.2, 0.25) is 0 Å². The topological polar surface area (TPSA) is 94.2 Å². The number of nitrogens with zero attached hydrogens (tertiary/aromatic N) is 3. The van der Waals surface area contributed by atoms with Crippen molar-refractivity contribution in [1.82, 2.24) is 25.3 Å². The van der Waals surface area contributed by atoms with Crippen LogP contribution < -0.4 is 10.6 Å². The third-order valence-corrected chi connectivity index (χ3v) is 6.40. The number of nitrogens with one attached hydrogen (secondary N) is 2. The van der Waals surface area contributed by atoms with Crippen molar-refractivity contribution in [2.24, 2.45) is 0 Å². The summed E-state index contributed by atoms with van der Waals surface area (Å²) in [5, 5.41) is 5.38. The first-order valence-corrected chi connectivity index (χ1v) is 12.5. The van der Waals surface area contributed by atoms with Crippen molar-refractivity contribution in [3.05, 3.63) is 46.7 Å². The standard InChI is InChI=1S/C25H34F3N5O4/c1-4-29-23(35)32-13-9-12-31(14-15-32)16-19-20(22(34)37-6-3)21(30-24(36)33(19)5-2)17-10-7-8-11-18(17)25(26,27)28/h7-8,10-11,21H,4-6,9,12-16H2,1-3H3,(H,29,35)(H,30,36)/t21-/m1/s1. The molecular formula is C25H34F3N5O4. The number of urea groups is 2. The Morgan fingerprint density at radius 1 is 1.11 bits per heavy atom. The van der Waals surface area contributed by atoms with Crippen LogP contribution in [0.4, 0.5) is 22.8 Å². The Labute approximate surface area is 214 Å². The Balaban J connectivity index is 2.05. The lowest BCUT2D eigenvalue weighted by atomic mass is 9.90. The number of carbonyl (C=O) groups excluding carboxylic acids is 3. The van der Waals surface area contributed by atoms with E-state index in [-0.39, 0.29) is 36.9 Å². The highest BCUT2D eigenvalue weighted by atomic mass is 19.4. The molecule has 0 spiro atoms. The fourth-order valence-electron chi connectivity index (χ4n) is 4.70. The van der Waals surface area contributed by atoms with E-state index in [1.807, 2.05) is 11.8 Å². The van der Waals surface area contributed by atoms with E-state index in [0.717, 1.165) is 6.07 Å². The van der Waals surface area contributed by atoms with Gasteiger partial charge in [-0.15, -0.1) is 0 Å². The summed E-state index contributed by atoms with van der Waals surface area (Å²) in [4.78, 5) is 43.7. The maximum atomic E-state index is 13.9. The second kappa shape index (κ2) is 12.3. The highest BCUT2D eigenvalue weighted by Crippen LogP contribution is 2.39. The second-order valence-corrected chi connectivity index (χ2v) is 8.74. The highest BCUT2D eigenvalue weighted by molar-refractivity contribution is 5.95. The van der Waals surface area contributed by atoms with Crippen LogP contribution in [0.3, 0.4) is 0 Å². The highest BCUT2D eigenvalue weighted by Gasteiger charge is 2.42. The molecule has 4 amide bonds. The van der Waals surface area contributed by atoms with Crippen molar-refractivity contribution in [1.29, 1.82) is 0 Å². The molecule has 1 saturated heterocycles. The zero-order valence-electron chi connectivity index (χ0n) is 21.4. The number of amides is 4. The number of alkyl halides is 3. The molecular weight excluding hydrogens is 491 g/mol. The molecule has 1 atom stereocenters. The Bertz CT molecular complexity index is 1030. The summed E-state index contributed by atoms with van der Waals surface area (Å²) < 4.78 is 46.9. The van der Waals surface area contributed by atoms with Crippen LogP contribution in [0.15, 0.2) is 35.5 Å². The number of likely N-dealkylation sites (N-methyl/N-ethyl adjacent to an activating group) is 1. The zero-order valence-corrected chi connectivity index (χ0v) is 21.4. The number of hydrogen-bond acceptors (Lipinski definition) is 5. The Morgan fingerprint density at radius 2 is 1.84 bits per heavy atom. The van der Waals surface area contributed by atoms with Crippen LogP contribution in [0.1, 0.15) is 44.4 Å². The third-order valence-electron chi connectivity index (χ3n) is 6.40. The molecule has 1 aromatic carbocycles. The van der Waals surface area contributed by atoms with Gasteiger partial charge in [-0.05, 0) is 38.8 Å². The van der Waals surface area contributed by atoms with Gasteiger partial charge in [-0.1, -0.05) is 18.2 Å². The summed E-state index contributed by atoms with van der Waals surface area (Å²) in [5.41, 5.74) is -0.875. The van der Waals surface area contributed by atoms with E-state index in [9.17, 15) is 27.6 Å². The van der Waals surface area contributed by atoms with E-state index in [2.05, 4.69) is 10.6 Å². The molecule has 0 saturated carbocycles. The molecule has 1 aromatic rings. The van der Waals surface area contributed by atoms with Crippen molar-refractivity contribution in [2.45, 2.75) is 39.4 Å². The fraction of sp³-hybridized carbons (Fsp3) is 0.560. The molecule has 0 unspecified atom stereocenters. The molecule has 204 valence electrons. The SMILES string of the molecule is CCNC(=O)N1CCCN(CC2=C(C(=O)OCC)[C@@H](c3ccccc3C(F)(F)F)NC(=O)N2CC)CC1. The Hall–Kier alpha value is -3.28. The van der Waals surface area contributed by atoms with Crippen molar-refractivity contribution >= 4 is 18.0 Å². The normalized spacial score (nSPS) is 19.4. The van der Waals surface area contributed by atoms with E-state index in [4.69, 9.17) is 4.74 Å². The lowest BCUT2D eigenvalue weighted by Crippen LogP contribution is -2.51. The third kappa shape index (κ3) is 6.54. The number of hydrogen-bond donors (Lipinski definition) is 2. The minimum absolute atomic E-state index is 0.0224. The number of benzene rings is 1. The molecule has 2 heterocycles. The minimum Gasteiger partial charge on any atom is -0.463 e. The number of ether oxygens (including phenoxy) is 1. The van der Waals surface area contributed by atoms with Gasteiger partial charge in [0.25, 0.3) is 0 Å². The fourth-order valence-corrected chi connectivity index (χ4v) is 4.70. The molecule has 2 aliphatic rings. The van der Waals surface area contributed by atoms with Crippen LogP contribution in [0.5, 0.6) is 0 Å². The van der Waals surface area contributed by atoms with E-state index in [0.29, 0.717) is 44.8 Å². The maximum Gasteiger partial charge on any atom is 0.416 e. The van der Waals surface area contributed by atoms with E-state index >= 15 is 0 Å². The molecule has 9 nitrogen and oxygen atoms in total. The van der Waals surface area contributed by atoms with Crippen molar-refractivity contribution in [3.63, 3.8) is 0 Å². The average molecular weight is 526 g/mol. The Morgan fingerprint density at radius 3 is 2.49 bits per heavy atom. The van der Waals surface area contributed by atoms with Crippen molar-refractivity contribution < 1.29 is 32.3 Å². The van der Waals surface area contributed by atoms with Crippen LogP contribution >= 0.6 is 0 Å². The lowest BCUT2D eigenvalue weighted by molar-refractivity contribution is -0.141. The molecule has 0 aromatic heterocycles. The number of halogens is 3. The van der Waals surface area contributed by atoms with Crippen LogP contribution in [0.25, 0.3) is 0 Å². The summed E-state index contributed by atoms with van der Waals surface area (Å²) in [6, 6.07) is 2.82. The molecule has 0 radical (unpaired) electrons. The first-order valence-electron chi connectivity index (χ1n) is 12.5. The van der Waals surface area contributed by atoms with Gasteiger partial charge in [-0.25, -0.2) is 14.4 Å². The zero-order chi connectivity index (χ0) is 27.2. The second-order valence-electron chi connectivity index (χ2n) is 8.74. The van der Waals surface area contributed by atoms with Gasteiger partial charge in [-0.2, -0.15) is 13.2 Å². The summed E-state index contributed by atoms with van der Waals surface area (Å²) >= 11 is 0. The largest absolute Gasteiger partial charge is 0.463 e. The molecule has 3 rings (SSSR count). The van der Waals surface area contributed by atoms with Gasteiger partial charge in [0.1, 0.15) is 0 Å². The van der Waals surface area contributed by atoms with Crippen LogP contribution in [0, 0.1) is 0 Å². The summed E-state index contributed by atoms with van der Waals surface area (Å²) in [5.74, 6) is -0.781. The lowest BCUT2D eigenvalue weighted by Gasteiger charge is -2.38. The van der Waals surface area contributed by atoms with Gasteiger partial charge in [0.2, 0.25) is 0 Å².